The molecule has 2 aromatic carbocycles. The normalized spacial score (nSPS) is 25.9. The van der Waals surface area contributed by atoms with Gasteiger partial charge in [0, 0.05) is 24.2 Å². The number of ether oxygens (including phenoxy) is 1. The Morgan fingerprint density at radius 3 is 2.43 bits per heavy atom. The fourth-order valence-electron chi connectivity index (χ4n) is 4.67. The minimum atomic E-state index is -5.40. The molecule has 0 aliphatic carbocycles. The SMILES string of the molecule is N=S(=O)(N[C@H]1CCN(C(=O)[C@H]2OCC[C@@H]2O)[C@H]1Cc1cccc(-c2cc(F)cc(F)c2)c1F)C(F)(F)F. The quantitative estimate of drug-likeness (QED) is 0.479. The van der Waals surface area contributed by atoms with E-state index in [1.54, 1.807) is 4.72 Å². The van der Waals surface area contributed by atoms with Crippen LogP contribution in [0.4, 0.5) is 26.3 Å². The Kier molecular flexibility index (Phi) is 7.57. The summed E-state index contributed by atoms with van der Waals surface area (Å²) in [6.07, 6.45) is -2.75. The lowest BCUT2D eigenvalue weighted by Crippen LogP contribution is -2.53. The number of carbonyl (C=O) groups excluding carboxylic acids is 1. The number of amides is 1. The van der Waals surface area contributed by atoms with Crippen molar-refractivity contribution in [2.24, 2.45) is 0 Å². The molecule has 0 spiro atoms. The molecule has 14 heteroatoms. The molecule has 2 saturated heterocycles. The molecule has 7 nitrogen and oxygen atoms in total. The Bertz CT molecular complexity index is 1270. The Labute approximate surface area is 208 Å². The van der Waals surface area contributed by atoms with Gasteiger partial charge in [0.05, 0.1) is 18.8 Å². The summed E-state index contributed by atoms with van der Waals surface area (Å²) in [4.78, 5) is 14.2. The van der Waals surface area contributed by atoms with E-state index in [1.807, 2.05) is 0 Å². The number of aliphatic hydroxyl groups excluding tert-OH is 1. The molecule has 1 unspecified atom stereocenters. The molecule has 0 bridgehead atoms. The van der Waals surface area contributed by atoms with E-state index in [2.05, 4.69) is 0 Å². The van der Waals surface area contributed by atoms with E-state index in [9.17, 15) is 36.1 Å². The second kappa shape index (κ2) is 10.2. The maximum Gasteiger partial charge on any atom is 0.492 e. The van der Waals surface area contributed by atoms with Crippen LogP contribution in [0, 0.1) is 22.2 Å². The number of nitrogens with one attached hydrogen (secondary N) is 2. The fourth-order valence-corrected chi connectivity index (χ4v) is 5.50. The summed E-state index contributed by atoms with van der Waals surface area (Å²) in [6, 6.07) is 3.88. The molecule has 2 fully saturated rings. The third-order valence-corrected chi connectivity index (χ3v) is 7.74. The number of nitrogens with zero attached hydrogens (tertiary/aromatic N) is 1. The molecule has 1 amide bonds. The third-order valence-electron chi connectivity index (χ3n) is 6.46. The van der Waals surface area contributed by atoms with Crippen molar-refractivity contribution < 1.29 is 45.2 Å². The molecule has 202 valence electrons. The summed E-state index contributed by atoms with van der Waals surface area (Å²) in [7, 11) is -5.30. The highest BCUT2D eigenvalue weighted by atomic mass is 32.2. The minimum absolute atomic E-state index is 0.0879. The number of halogens is 6. The van der Waals surface area contributed by atoms with Crippen LogP contribution >= 0.6 is 0 Å². The van der Waals surface area contributed by atoms with E-state index in [4.69, 9.17) is 9.52 Å². The lowest BCUT2D eigenvalue weighted by atomic mass is 9.95. The Hall–Kier alpha value is -2.68. The summed E-state index contributed by atoms with van der Waals surface area (Å²) < 4.78 is 109. The first-order valence-corrected chi connectivity index (χ1v) is 12.8. The summed E-state index contributed by atoms with van der Waals surface area (Å²) in [6.45, 7) is -0.0369. The Morgan fingerprint density at radius 2 is 1.84 bits per heavy atom. The van der Waals surface area contributed by atoms with Gasteiger partial charge >= 0.3 is 5.51 Å². The highest BCUT2D eigenvalue weighted by Gasteiger charge is 2.48. The van der Waals surface area contributed by atoms with Gasteiger partial charge in [-0.15, -0.1) is 0 Å². The van der Waals surface area contributed by atoms with Gasteiger partial charge in [0.1, 0.15) is 17.5 Å². The molecule has 37 heavy (non-hydrogen) atoms. The highest BCUT2D eigenvalue weighted by Crippen LogP contribution is 2.32. The number of likely N-dealkylation sites (tertiary alicyclic amines) is 1. The standard InChI is InChI=1S/C23H23F6N3O4S/c24-14-8-13(9-15(25)11-14)16-3-1-2-12(20(16)26)10-18-17(31-37(30,35)23(27,28)29)4-6-32(18)22(34)21-19(33)5-7-36-21/h1-3,8-9,11,17-19,21,33H,4-7,10H2,(H2,30,31,35)/t17-,18-,19-,21-,37?/m0/s1. The van der Waals surface area contributed by atoms with Gasteiger partial charge in [-0.3, -0.25) is 4.79 Å². The first kappa shape index (κ1) is 27.4. The summed E-state index contributed by atoms with van der Waals surface area (Å²) in [5.74, 6) is -3.52. The lowest BCUT2D eigenvalue weighted by molar-refractivity contribution is -0.145. The van der Waals surface area contributed by atoms with Crippen molar-refractivity contribution in [1.82, 2.24) is 9.62 Å². The summed E-state index contributed by atoms with van der Waals surface area (Å²) in [5, 5.41) is 10.1. The van der Waals surface area contributed by atoms with Crippen LogP contribution in [0.3, 0.4) is 0 Å². The van der Waals surface area contributed by atoms with E-state index in [1.165, 1.54) is 18.2 Å². The van der Waals surface area contributed by atoms with Crippen LogP contribution in [0.15, 0.2) is 36.4 Å². The van der Waals surface area contributed by atoms with Crippen molar-refractivity contribution in [2.75, 3.05) is 13.2 Å². The van der Waals surface area contributed by atoms with Gasteiger partial charge in [-0.2, -0.15) is 13.2 Å². The Balaban J connectivity index is 1.69. The Morgan fingerprint density at radius 1 is 1.16 bits per heavy atom. The first-order valence-electron chi connectivity index (χ1n) is 11.2. The molecule has 5 atom stereocenters. The van der Waals surface area contributed by atoms with E-state index >= 15 is 4.39 Å². The summed E-state index contributed by atoms with van der Waals surface area (Å²) in [5.41, 5.74) is -5.77. The topological polar surface area (TPSA) is 103 Å². The van der Waals surface area contributed by atoms with Gasteiger partial charge in [0.2, 0.25) is 9.92 Å². The molecule has 0 aromatic heterocycles. The maximum absolute atomic E-state index is 15.5. The van der Waals surface area contributed by atoms with E-state index in [0.717, 1.165) is 17.0 Å². The molecule has 4 rings (SSSR count). The van der Waals surface area contributed by atoms with Gasteiger partial charge in [0.25, 0.3) is 5.91 Å². The second-order valence-electron chi connectivity index (χ2n) is 8.90. The molecular formula is C23H23F6N3O4S. The molecule has 2 heterocycles. The van der Waals surface area contributed by atoms with Crippen molar-refractivity contribution in [3.8, 4) is 11.1 Å². The summed E-state index contributed by atoms with van der Waals surface area (Å²) >= 11 is 0. The lowest BCUT2D eigenvalue weighted by Gasteiger charge is -2.31. The third kappa shape index (κ3) is 5.61. The predicted octanol–water partition coefficient (Wildman–Crippen LogP) is 3.50. The van der Waals surface area contributed by atoms with Crippen LogP contribution in [0.2, 0.25) is 0 Å². The number of hydrogen-bond acceptors (Lipinski definition) is 5. The van der Waals surface area contributed by atoms with Crippen molar-refractivity contribution >= 4 is 15.8 Å². The smallest absolute Gasteiger partial charge is 0.390 e. The molecule has 3 N–H and O–H groups in total. The molecule has 2 aliphatic heterocycles. The van der Waals surface area contributed by atoms with E-state index < -0.39 is 63.1 Å². The zero-order chi connectivity index (χ0) is 27.1. The average Bonchev–Trinajstić information content (AvgIpc) is 3.39. The number of carbonyl (C=O) groups is 1. The van der Waals surface area contributed by atoms with Gasteiger partial charge in [-0.1, -0.05) is 18.2 Å². The first-order chi connectivity index (χ1) is 17.3. The van der Waals surface area contributed by atoms with E-state index in [0.29, 0.717) is 6.07 Å². The number of benzene rings is 2. The molecule has 2 aliphatic rings. The zero-order valence-electron chi connectivity index (χ0n) is 19.1. The average molecular weight is 552 g/mol. The van der Waals surface area contributed by atoms with Crippen molar-refractivity contribution in [3.05, 3.63) is 59.4 Å². The second-order valence-corrected chi connectivity index (χ2v) is 10.7. The maximum atomic E-state index is 15.5. The number of alkyl halides is 3. The van der Waals surface area contributed by atoms with Gasteiger partial charge in [0.15, 0.2) is 6.10 Å². The minimum Gasteiger partial charge on any atom is -0.390 e. The van der Waals surface area contributed by atoms with Crippen molar-refractivity contribution in [3.63, 3.8) is 0 Å². The van der Waals surface area contributed by atoms with Crippen molar-refractivity contribution in [1.29, 1.82) is 4.78 Å². The van der Waals surface area contributed by atoms with Crippen LogP contribution in [-0.4, -0.2) is 63.1 Å². The highest BCUT2D eigenvalue weighted by molar-refractivity contribution is 7.91. The van der Waals surface area contributed by atoms with Crippen LogP contribution in [-0.2, 0) is 25.9 Å². The monoisotopic (exact) mass is 551 g/mol. The van der Waals surface area contributed by atoms with Gasteiger partial charge < -0.3 is 14.7 Å². The van der Waals surface area contributed by atoms with Crippen molar-refractivity contribution in [2.45, 2.75) is 49.1 Å². The number of rotatable bonds is 6. The van der Waals surface area contributed by atoms with Crippen LogP contribution in [0.5, 0.6) is 0 Å². The molecule has 0 saturated carbocycles. The fraction of sp³-hybridized carbons (Fsp3) is 0.435. The molecular weight excluding hydrogens is 528 g/mol. The van der Waals surface area contributed by atoms with Crippen LogP contribution < -0.4 is 4.72 Å². The van der Waals surface area contributed by atoms with E-state index in [-0.39, 0.29) is 49.1 Å². The molecule has 2 aromatic rings. The van der Waals surface area contributed by atoms with Crippen LogP contribution in [0.1, 0.15) is 18.4 Å². The van der Waals surface area contributed by atoms with Crippen LogP contribution in [0.25, 0.3) is 11.1 Å². The molecule has 0 radical (unpaired) electrons. The van der Waals surface area contributed by atoms with Gasteiger partial charge in [-0.25, -0.2) is 26.9 Å². The predicted molar refractivity (Wildman–Crippen MR) is 120 cm³/mol. The van der Waals surface area contributed by atoms with Gasteiger partial charge in [-0.05, 0) is 42.5 Å². The number of hydrogen-bond donors (Lipinski definition) is 3. The zero-order valence-corrected chi connectivity index (χ0v) is 19.9. The largest absolute Gasteiger partial charge is 0.492 e. The number of aliphatic hydroxyl groups is 1.